The third-order valence-electron chi connectivity index (χ3n) is 2.93. The van der Waals surface area contributed by atoms with Gasteiger partial charge in [-0.25, -0.2) is 0 Å². The molecule has 2 unspecified atom stereocenters. The van der Waals surface area contributed by atoms with E-state index < -0.39 is 0 Å². The highest BCUT2D eigenvalue weighted by atomic mass is 16.5. The molecule has 0 spiro atoms. The minimum Gasteiger partial charge on any atom is -0.378 e. The number of nitrogens with one attached hydrogen (secondary N) is 1. The van der Waals surface area contributed by atoms with Crippen LogP contribution in [0.1, 0.15) is 13.3 Å². The molecule has 1 aliphatic rings. The van der Waals surface area contributed by atoms with Crippen LogP contribution in [-0.4, -0.2) is 56.2 Å². The number of nitrogens with zero attached hydrogens (tertiary/aromatic N) is 1. The number of morpholine rings is 1. The highest BCUT2D eigenvalue weighted by Crippen LogP contribution is 2.13. The van der Waals surface area contributed by atoms with E-state index in [4.69, 9.17) is 10.5 Å². The van der Waals surface area contributed by atoms with Crippen LogP contribution in [0.4, 0.5) is 0 Å². The van der Waals surface area contributed by atoms with Crippen LogP contribution in [-0.2, 0) is 9.53 Å². The normalized spacial score (nSPS) is 24.9. The summed E-state index contributed by atoms with van der Waals surface area (Å²) in [4.78, 5) is 13.8. The summed E-state index contributed by atoms with van der Waals surface area (Å²) in [6.45, 7) is 4.62. The first-order chi connectivity index (χ1) is 7.24. The van der Waals surface area contributed by atoms with E-state index in [-0.39, 0.29) is 18.0 Å². The predicted octanol–water partition coefficient (Wildman–Crippen LogP) is -0.829. The molecule has 0 bridgehead atoms. The molecule has 1 fully saturated rings. The van der Waals surface area contributed by atoms with Gasteiger partial charge in [0.15, 0.2) is 0 Å². The number of hydrogen-bond donors (Lipinski definition) is 2. The van der Waals surface area contributed by atoms with Crippen molar-refractivity contribution in [2.45, 2.75) is 25.4 Å². The minimum atomic E-state index is -0.183. The molecule has 0 saturated carbocycles. The van der Waals surface area contributed by atoms with Crippen molar-refractivity contribution in [2.24, 2.45) is 5.73 Å². The summed E-state index contributed by atoms with van der Waals surface area (Å²) in [7, 11) is 1.65. The first kappa shape index (κ1) is 12.4. The SMILES string of the molecule is CCC(CN)N1CCOCC1C(=O)NC. The number of ether oxygens (including phenoxy) is 1. The topological polar surface area (TPSA) is 67.6 Å². The van der Waals surface area contributed by atoms with Gasteiger partial charge in [0, 0.05) is 26.2 Å². The molecular weight excluding hydrogens is 194 g/mol. The third kappa shape index (κ3) is 2.90. The number of hydrogen-bond acceptors (Lipinski definition) is 4. The van der Waals surface area contributed by atoms with Gasteiger partial charge in [0.25, 0.3) is 0 Å². The Labute approximate surface area is 90.9 Å². The van der Waals surface area contributed by atoms with Gasteiger partial charge in [0.1, 0.15) is 6.04 Å². The van der Waals surface area contributed by atoms with Crippen LogP contribution in [0.3, 0.4) is 0 Å². The molecule has 88 valence electrons. The summed E-state index contributed by atoms with van der Waals surface area (Å²) in [6, 6.07) is 0.0912. The average Bonchev–Trinajstić information content (AvgIpc) is 2.30. The smallest absolute Gasteiger partial charge is 0.239 e. The molecule has 1 heterocycles. The molecule has 5 nitrogen and oxygen atoms in total. The zero-order valence-corrected chi connectivity index (χ0v) is 9.53. The molecular formula is C10H21N3O2. The van der Waals surface area contributed by atoms with Crippen molar-refractivity contribution in [3.8, 4) is 0 Å². The Balaban J connectivity index is 2.68. The van der Waals surface area contributed by atoms with E-state index in [9.17, 15) is 4.79 Å². The lowest BCUT2D eigenvalue weighted by molar-refractivity contribution is -0.134. The fourth-order valence-electron chi connectivity index (χ4n) is 1.98. The maximum atomic E-state index is 11.6. The standard InChI is InChI=1S/C10H21N3O2/c1-3-8(6-11)13-4-5-15-7-9(13)10(14)12-2/h8-9H,3-7,11H2,1-2H3,(H,12,14). The van der Waals surface area contributed by atoms with Crippen LogP contribution in [0, 0.1) is 0 Å². The van der Waals surface area contributed by atoms with Crippen molar-refractivity contribution < 1.29 is 9.53 Å². The van der Waals surface area contributed by atoms with Crippen LogP contribution in [0.15, 0.2) is 0 Å². The number of carbonyl (C=O) groups is 1. The van der Waals surface area contributed by atoms with Gasteiger partial charge < -0.3 is 15.8 Å². The van der Waals surface area contributed by atoms with Gasteiger partial charge in [0.05, 0.1) is 13.2 Å². The van der Waals surface area contributed by atoms with E-state index in [1.807, 2.05) is 0 Å². The first-order valence-electron chi connectivity index (χ1n) is 5.49. The molecule has 3 N–H and O–H groups in total. The molecule has 0 aromatic heterocycles. The first-order valence-corrected chi connectivity index (χ1v) is 5.49. The van der Waals surface area contributed by atoms with Crippen LogP contribution in [0.5, 0.6) is 0 Å². The Morgan fingerprint density at radius 1 is 1.73 bits per heavy atom. The van der Waals surface area contributed by atoms with Gasteiger partial charge >= 0.3 is 0 Å². The summed E-state index contributed by atoms with van der Waals surface area (Å²) in [5.74, 6) is 0.0154. The Kier molecular flexibility index (Phi) is 5.01. The van der Waals surface area contributed by atoms with Crippen molar-refractivity contribution >= 4 is 5.91 Å². The number of likely N-dealkylation sites (N-methyl/N-ethyl adjacent to an activating group) is 1. The van der Waals surface area contributed by atoms with Gasteiger partial charge in [-0.05, 0) is 6.42 Å². The Morgan fingerprint density at radius 3 is 3.00 bits per heavy atom. The summed E-state index contributed by atoms with van der Waals surface area (Å²) in [5, 5.41) is 2.67. The largest absolute Gasteiger partial charge is 0.378 e. The van der Waals surface area contributed by atoms with E-state index >= 15 is 0 Å². The maximum absolute atomic E-state index is 11.6. The number of nitrogens with two attached hydrogens (primary N) is 1. The van der Waals surface area contributed by atoms with Crippen molar-refractivity contribution in [3.63, 3.8) is 0 Å². The van der Waals surface area contributed by atoms with Crippen LogP contribution < -0.4 is 11.1 Å². The van der Waals surface area contributed by atoms with Crippen LogP contribution >= 0.6 is 0 Å². The molecule has 0 aromatic carbocycles. The second-order valence-corrected chi connectivity index (χ2v) is 3.74. The van der Waals surface area contributed by atoms with Gasteiger partial charge in [-0.3, -0.25) is 9.69 Å². The second-order valence-electron chi connectivity index (χ2n) is 3.74. The van der Waals surface area contributed by atoms with E-state index in [1.165, 1.54) is 0 Å². The number of amides is 1. The zero-order chi connectivity index (χ0) is 11.3. The lowest BCUT2D eigenvalue weighted by Crippen LogP contribution is -2.58. The molecule has 2 atom stereocenters. The molecule has 0 aromatic rings. The summed E-state index contributed by atoms with van der Waals surface area (Å²) >= 11 is 0. The monoisotopic (exact) mass is 215 g/mol. The summed E-state index contributed by atoms with van der Waals surface area (Å²) in [6.07, 6.45) is 0.962. The number of rotatable bonds is 4. The van der Waals surface area contributed by atoms with Crippen LogP contribution in [0.2, 0.25) is 0 Å². The van der Waals surface area contributed by atoms with Gasteiger partial charge in [-0.2, -0.15) is 0 Å². The van der Waals surface area contributed by atoms with E-state index in [2.05, 4.69) is 17.1 Å². The third-order valence-corrected chi connectivity index (χ3v) is 2.93. The van der Waals surface area contributed by atoms with Gasteiger partial charge in [0.2, 0.25) is 5.91 Å². The maximum Gasteiger partial charge on any atom is 0.239 e. The van der Waals surface area contributed by atoms with Gasteiger partial charge in [-0.1, -0.05) is 6.92 Å². The fraction of sp³-hybridized carbons (Fsp3) is 0.900. The molecule has 0 aliphatic carbocycles. The van der Waals surface area contributed by atoms with E-state index in [0.29, 0.717) is 19.8 Å². The lowest BCUT2D eigenvalue weighted by Gasteiger charge is -2.39. The number of carbonyl (C=O) groups excluding carboxylic acids is 1. The second kappa shape index (κ2) is 6.05. The molecule has 1 rings (SSSR count). The Bertz CT molecular complexity index is 207. The van der Waals surface area contributed by atoms with Crippen LogP contribution in [0.25, 0.3) is 0 Å². The van der Waals surface area contributed by atoms with Gasteiger partial charge in [-0.15, -0.1) is 0 Å². The van der Waals surface area contributed by atoms with E-state index in [0.717, 1.165) is 13.0 Å². The van der Waals surface area contributed by atoms with E-state index in [1.54, 1.807) is 7.05 Å². The Hall–Kier alpha value is -0.650. The highest BCUT2D eigenvalue weighted by Gasteiger charge is 2.32. The fourth-order valence-corrected chi connectivity index (χ4v) is 1.98. The summed E-state index contributed by atoms with van der Waals surface area (Å²) in [5.41, 5.74) is 5.70. The molecule has 1 aliphatic heterocycles. The lowest BCUT2D eigenvalue weighted by atomic mass is 10.1. The molecule has 1 amide bonds. The highest BCUT2D eigenvalue weighted by molar-refractivity contribution is 5.81. The molecule has 15 heavy (non-hydrogen) atoms. The Morgan fingerprint density at radius 2 is 2.47 bits per heavy atom. The molecule has 0 radical (unpaired) electrons. The minimum absolute atomic E-state index is 0.0154. The average molecular weight is 215 g/mol. The summed E-state index contributed by atoms with van der Waals surface area (Å²) < 4.78 is 5.33. The predicted molar refractivity (Wildman–Crippen MR) is 58.5 cm³/mol. The van der Waals surface area contributed by atoms with Crippen molar-refractivity contribution in [3.05, 3.63) is 0 Å². The van der Waals surface area contributed by atoms with Crippen molar-refractivity contribution in [2.75, 3.05) is 33.4 Å². The van der Waals surface area contributed by atoms with Crippen molar-refractivity contribution in [1.29, 1.82) is 0 Å². The quantitative estimate of drug-likeness (QED) is 0.642. The molecule has 1 saturated heterocycles. The zero-order valence-electron chi connectivity index (χ0n) is 9.53. The molecule has 5 heteroatoms. The van der Waals surface area contributed by atoms with Crippen molar-refractivity contribution in [1.82, 2.24) is 10.2 Å².